The Balaban J connectivity index is 2.07. The third-order valence-electron chi connectivity index (χ3n) is 6.97. The number of esters is 3. The Morgan fingerprint density at radius 3 is 2.58 bits per heavy atom. The van der Waals surface area contributed by atoms with Gasteiger partial charge in [-0.05, 0) is 52.0 Å². The summed E-state index contributed by atoms with van der Waals surface area (Å²) in [6, 6.07) is 0. The van der Waals surface area contributed by atoms with Crippen LogP contribution >= 0.6 is 0 Å². The topological polar surface area (TPSA) is 116 Å². The fraction of sp³-hybridized carbons (Fsp3) is 0.565. The van der Waals surface area contributed by atoms with Crippen molar-refractivity contribution in [3.8, 4) is 0 Å². The average molecular weight is 432 g/mol. The molecule has 1 saturated carbocycles. The Morgan fingerprint density at radius 2 is 1.97 bits per heavy atom. The molecule has 0 aromatic rings. The van der Waals surface area contributed by atoms with Crippen molar-refractivity contribution in [3.63, 3.8) is 0 Å². The summed E-state index contributed by atoms with van der Waals surface area (Å²) >= 11 is 0. The van der Waals surface area contributed by atoms with Crippen LogP contribution in [0, 0.1) is 11.3 Å². The maximum atomic E-state index is 13.4. The molecule has 31 heavy (non-hydrogen) atoms. The molecule has 8 nitrogen and oxygen atoms in total. The second-order valence-electron chi connectivity index (χ2n) is 8.67. The van der Waals surface area contributed by atoms with E-state index in [4.69, 9.17) is 19.3 Å². The van der Waals surface area contributed by atoms with E-state index in [1.54, 1.807) is 25.2 Å². The monoisotopic (exact) mass is 432 g/mol. The van der Waals surface area contributed by atoms with Crippen molar-refractivity contribution < 1.29 is 38.5 Å². The Labute approximate surface area is 180 Å². The van der Waals surface area contributed by atoms with E-state index in [2.05, 4.69) is 0 Å². The van der Waals surface area contributed by atoms with E-state index in [-0.39, 0.29) is 17.9 Å². The van der Waals surface area contributed by atoms with Crippen LogP contribution in [0.3, 0.4) is 0 Å². The molecule has 3 aliphatic rings. The number of carbonyl (C=O) groups is 4. The number of cyclic esters (lactones) is 1. The first-order chi connectivity index (χ1) is 14.5. The number of carboxylic acid groups (broad SMARTS) is 1. The van der Waals surface area contributed by atoms with Crippen LogP contribution in [0.1, 0.15) is 52.9 Å². The molecule has 0 amide bonds. The Bertz CT molecular complexity index is 913. The molecule has 0 aromatic carbocycles. The molecule has 0 spiro atoms. The van der Waals surface area contributed by atoms with E-state index in [1.807, 2.05) is 0 Å². The van der Waals surface area contributed by atoms with E-state index in [9.17, 15) is 19.2 Å². The lowest BCUT2D eigenvalue weighted by atomic mass is 9.62. The van der Waals surface area contributed by atoms with Gasteiger partial charge in [0.25, 0.3) is 0 Å². The SMILES string of the molecule is COC(=O)C1=CC[C@]23CC[C@@H]([C@@](C)(C=C/C=C(\C)C(=O)O)OC2=O)[C@@]3(OC(C)=O)CC1. The van der Waals surface area contributed by atoms with Crippen LogP contribution in [-0.2, 0) is 33.4 Å². The molecule has 2 fully saturated rings. The van der Waals surface area contributed by atoms with E-state index in [1.165, 1.54) is 27.0 Å². The first-order valence-electron chi connectivity index (χ1n) is 10.3. The zero-order valence-corrected chi connectivity index (χ0v) is 18.2. The number of ether oxygens (including phenoxy) is 3. The van der Waals surface area contributed by atoms with Crippen LogP contribution in [-0.4, -0.2) is 47.3 Å². The number of rotatable bonds is 5. The van der Waals surface area contributed by atoms with Crippen molar-refractivity contribution in [2.45, 2.75) is 64.1 Å². The minimum absolute atomic E-state index is 0.138. The second-order valence-corrected chi connectivity index (χ2v) is 8.67. The van der Waals surface area contributed by atoms with Gasteiger partial charge in [-0.2, -0.15) is 0 Å². The van der Waals surface area contributed by atoms with E-state index < -0.39 is 40.5 Å². The van der Waals surface area contributed by atoms with Crippen LogP contribution in [0.25, 0.3) is 0 Å². The second kappa shape index (κ2) is 7.98. The van der Waals surface area contributed by atoms with Gasteiger partial charge in [0.2, 0.25) is 0 Å². The Kier molecular flexibility index (Phi) is 5.86. The first kappa shape index (κ1) is 22.8. The van der Waals surface area contributed by atoms with Gasteiger partial charge in [-0.3, -0.25) is 9.59 Å². The van der Waals surface area contributed by atoms with Crippen molar-refractivity contribution in [1.29, 1.82) is 0 Å². The quantitative estimate of drug-likeness (QED) is 0.305. The molecule has 2 bridgehead atoms. The summed E-state index contributed by atoms with van der Waals surface area (Å²) in [4.78, 5) is 48.8. The molecule has 0 unspecified atom stereocenters. The normalized spacial score (nSPS) is 35.0. The number of aliphatic carboxylic acids is 1. The number of carboxylic acids is 1. The van der Waals surface area contributed by atoms with E-state index in [0.29, 0.717) is 31.3 Å². The number of allylic oxidation sites excluding steroid dienone is 3. The van der Waals surface area contributed by atoms with Crippen molar-refractivity contribution in [2.75, 3.05) is 7.11 Å². The lowest BCUT2D eigenvalue weighted by molar-refractivity contribution is -0.235. The highest BCUT2D eigenvalue weighted by atomic mass is 16.6. The van der Waals surface area contributed by atoms with Crippen molar-refractivity contribution in [3.05, 3.63) is 35.5 Å². The molecule has 4 atom stereocenters. The molecule has 1 heterocycles. The third-order valence-corrected chi connectivity index (χ3v) is 6.97. The molecule has 1 N–H and O–H groups in total. The molecular formula is C23H28O8. The summed E-state index contributed by atoms with van der Waals surface area (Å²) in [5.74, 6) is -2.83. The van der Waals surface area contributed by atoms with E-state index >= 15 is 0 Å². The zero-order chi connectivity index (χ0) is 23.0. The summed E-state index contributed by atoms with van der Waals surface area (Å²) in [6.07, 6.45) is 8.21. The van der Waals surface area contributed by atoms with Gasteiger partial charge in [0, 0.05) is 24.0 Å². The fourth-order valence-corrected chi connectivity index (χ4v) is 5.45. The van der Waals surface area contributed by atoms with Gasteiger partial charge in [0.15, 0.2) is 0 Å². The van der Waals surface area contributed by atoms with Gasteiger partial charge in [0.1, 0.15) is 16.6 Å². The predicted octanol–water partition coefficient (Wildman–Crippen LogP) is 2.87. The maximum Gasteiger partial charge on any atom is 0.333 e. The van der Waals surface area contributed by atoms with Crippen LogP contribution in [0.15, 0.2) is 35.5 Å². The molecule has 8 heteroatoms. The van der Waals surface area contributed by atoms with Crippen LogP contribution in [0.2, 0.25) is 0 Å². The number of carbonyl (C=O) groups excluding carboxylic acids is 3. The minimum Gasteiger partial charge on any atom is -0.478 e. The summed E-state index contributed by atoms with van der Waals surface area (Å²) in [5, 5.41) is 9.06. The molecule has 0 aromatic heterocycles. The fourth-order valence-electron chi connectivity index (χ4n) is 5.45. The Morgan fingerprint density at radius 1 is 1.26 bits per heavy atom. The Hall–Kier alpha value is -2.90. The lowest BCUT2D eigenvalue weighted by Crippen LogP contribution is -2.65. The minimum atomic E-state index is -1.13. The largest absolute Gasteiger partial charge is 0.478 e. The van der Waals surface area contributed by atoms with Gasteiger partial charge in [-0.15, -0.1) is 0 Å². The summed E-state index contributed by atoms with van der Waals surface area (Å²) in [7, 11) is 1.30. The van der Waals surface area contributed by atoms with Crippen molar-refractivity contribution in [2.24, 2.45) is 11.3 Å². The zero-order valence-electron chi connectivity index (χ0n) is 18.2. The van der Waals surface area contributed by atoms with E-state index in [0.717, 1.165) is 0 Å². The van der Waals surface area contributed by atoms with Crippen molar-refractivity contribution in [1.82, 2.24) is 0 Å². The highest BCUT2D eigenvalue weighted by molar-refractivity contribution is 5.89. The lowest BCUT2D eigenvalue weighted by Gasteiger charge is -2.54. The van der Waals surface area contributed by atoms with Crippen LogP contribution in [0.4, 0.5) is 0 Å². The molecule has 1 saturated heterocycles. The van der Waals surface area contributed by atoms with Gasteiger partial charge in [-0.1, -0.05) is 18.2 Å². The number of methoxy groups -OCH3 is 1. The van der Waals surface area contributed by atoms with Crippen molar-refractivity contribution >= 4 is 23.9 Å². The first-order valence-corrected chi connectivity index (χ1v) is 10.3. The third kappa shape index (κ3) is 3.58. The summed E-state index contributed by atoms with van der Waals surface area (Å²) < 4.78 is 16.7. The van der Waals surface area contributed by atoms with Crippen LogP contribution < -0.4 is 0 Å². The highest BCUT2D eigenvalue weighted by Crippen LogP contribution is 2.65. The van der Waals surface area contributed by atoms with Gasteiger partial charge < -0.3 is 19.3 Å². The number of hydrogen-bond donors (Lipinski definition) is 1. The van der Waals surface area contributed by atoms with Gasteiger partial charge in [0.05, 0.1) is 7.11 Å². The predicted molar refractivity (Wildman–Crippen MR) is 109 cm³/mol. The standard InChI is InChI=1S/C23H28O8/c1-14(18(25)26)6-5-10-21(3)17-9-12-22(20(28)31-21)11-7-16(19(27)29-4)8-13-23(17,22)30-15(2)24/h5-7,10,17H,8-9,11-13H2,1-4H3,(H,25,26)/b10-5?,14-6+/t17-,21+,22-,23-/m0/s1. The van der Waals surface area contributed by atoms with Gasteiger partial charge >= 0.3 is 23.9 Å². The average Bonchev–Trinajstić information content (AvgIpc) is 2.84. The molecule has 3 rings (SSSR count). The maximum absolute atomic E-state index is 13.4. The summed E-state index contributed by atoms with van der Waals surface area (Å²) in [6.45, 7) is 4.53. The molecular weight excluding hydrogens is 404 g/mol. The molecule has 0 radical (unpaired) electrons. The smallest absolute Gasteiger partial charge is 0.333 e. The highest BCUT2D eigenvalue weighted by Gasteiger charge is 2.74. The molecule has 1 aliphatic heterocycles. The van der Waals surface area contributed by atoms with Crippen LogP contribution in [0.5, 0.6) is 0 Å². The number of hydrogen-bond acceptors (Lipinski definition) is 7. The molecule has 168 valence electrons. The summed E-state index contributed by atoms with van der Waals surface area (Å²) in [5.41, 5.74) is -2.71. The van der Waals surface area contributed by atoms with Gasteiger partial charge in [-0.25, -0.2) is 9.59 Å². The molecule has 2 aliphatic carbocycles.